The Morgan fingerprint density at radius 1 is 1.50 bits per heavy atom. The molecule has 0 radical (unpaired) electrons. The maximum Gasteiger partial charge on any atom is 0.309 e. The molecule has 3 aliphatic rings. The monoisotopic (exact) mass is 250 g/mol. The normalized spacial score (nSPS) is 51.2. The number of aliphatic hydroxyl groups is 1. The molecular weight excluding hydrogens is 228 g/mol. The summed E-state index contributed by atoms with van der Waals surface area (Å²) in [5.74, 6) is 0.506. The Hall–Kier alpha value is -0.830. The second-order valence-corrected chi connectivity index (χ2v) is 6.58. The van der Waals surface area contributed by atoms with Crippen molar-refractivity contribution in [2.45, 2.75) is 52.2 Å². The Morgan fingerprint density at radius 2 is 2.22 bits per heavy atom. The van der Waals surface area contributed by atoms with Crippen LogP contribution in [0, 0.1) is 23.2 Å². The number of esters is 1. The van der Waals surface area contributed by atoms with Gasteiger partial charge in [-0.15, -0.1) is 0 Å². The molecule has 1 heterocycles. The van der Waals surface area contributed by atoms with Gasteiger partial charge in [0.1, 0.15) is 6.10 Å². The highest BCUT2D eigenvalue weighted by Crippen LogP contribution is 2.56. The molecule has 0 aromatic heterocycles. The Morgan fingerprint density at radius 3 is 2.94 bits per heavy atom. The van der Waals surface area contributed by atoms with E-state index in [-0.39, 0.29) is 35.4 Å². The van der Waals surface area contributed by atoms with Crippen LogP contribution in [-0.2, 0) is 9.53 Å². The number of carbonyl (C=O) groups is 1. The van der Waals surface area contributed by atoms with Gasteiger partial charge < -0.3 is 9.84 Å². The van der Waals surface area contributed by atoms with Gasteiger partial charge in [0.15, 0.2) is 0 Å². The summed E-state index contributed by atoms with van der Waals surface area (Å²) in [4.78, 5) is 11.8. The number of hydrogen-bond acceptors (Lipinski definition) is 3. The minimum atomic E-state index is -0.304. The third-order valence-corrected chi connectivity index (χ3v) is 5.66. The predicted molar refractivity (Wildman–Crippen MR) is 67.7 cm³/mol. The summed E-state index contributed by atoms with van der Waals surface area (Å²) in [5.41, 5.74) is 1.17. The molecule has 0 bridgehead atoms. The number of rotatable bonds is 0. The van der Waals surface area contributed by atoms with Crippen LogP contribution in [0.2, 0.25) is 0 Å². The SMILES string of the molecule is CC1=CC[C@H](O)[C@]2(C)CC[C@H]3[C@H](OC(=O)[C@H]3C)[C@@H]12. The first-order valence-corrected chi connectivity index (χ1v) is 7.00. The highest BCUT2D eigenvalue weighted by Gasteiger charge is 2.58. The first-order valence-electron chi connectivity index (χ1n) is 7.00. The van der Waals surface area contributed by atoms with Gasteiger partial charge in [-0.3, -0.25) is 4.79 Å². The Kier molecular flexibility index (Phi) is 2.60. The van der Waals surface area contributed by atoms with E-state index in [1.165, 1.54) is 5.57 Å². The maximum atomic E-state index is 11.8. The summed E-state index contributed by atoms with van der Waals surface area (Å²) in [7, 11) is 0. The molecule has 1 saturated heterocycles. The zero-order valence-electron chi connectivity index (χ0n) is 11.3. The zero-order valence-corrected chi connectivity index (χ0v) is 11.3. The second kappa shape index (κ2) is 3.83. The topological polar surface area (TPSA) is 46.5 Å². The first-order chi connectivity index (χ1) is 8.45. The highest BCUT2D eigenvalue weighted by molar-refractivity contribution is 5.75. The van der Waals surface area contributed by atoms with Crippen LogP contribution in [0.25, 0.3) is 0 Å². The lowest BCUT2D eigenvalue weighted by Gasteiger charge is -2.51. The standard InChI is InChI=1S/C15H22O3/c1-8-4-5-11(16)15(3)7-6-10-9(2)14(17)18-13(10)12(8)15/h4,9-13,16H,5-7H2,1-3H3/t9-,10+,11-,12+,13-,15-/m0/s1. The van der Waals surface area contributed by atoms with Crippen LogP contribution in [0.3, 0.4) is 0 Å². The van der Waals surface area contributed by atoms with Crippen molar-refractivity contribution in [3.8, 4) is 0 Å². The van der Waals surface area contributed by atoms with E-state index in [9.17, 15) is 9.90 Å². The molecule has 1 saturated carbocycles. The molecule has 2 aliphatic carbocycles. The van der Waals surface area contributed by atoms with E-state index in [1.807, 2.05) is 6.92 Å². The molecule has 3 nitrogen and oxygen atoms in total. The van der Waals surface area contributed by atoms with Gasteiger partial charge in [-0.2, -0.15) is 0 Å². The molecule has 3 heteroatoms. The van der Waals surface area contributed by atoms with E-state index in [4.69, 9.17) is 4.74 Å². The number of ether oxygens (including phenoxy) is 1. The highest BCUT2D eigenvalue weighted by atomic mass is 16.6. The summed E-state index contributed by atoms with van der Waals surface area (Å²) >= 11 is 0. The third-order valence-electron chi connectivity index (χ3n) is 5.66. The molecule has 0 aromatic rings. The first kappa shape index (κ1) is 12.2. The molecule has 0 amide bonds. The molecule has 0 spiro atoms. The van der Waals surface area contributed by atoms with E-state index in [2.05, 4.69) is 19.9 Å². The smallest absolute Gasteiger partial charge is 0.309 e. The lowest BCUT2D eigenvalue weighted by atomic mass is 9.55. The van der Waals surface area contributed by atoms with Crippen molar-refractivity contribution in [2.24, 2.45) is 23.2 Å². The van der Waals surface area contributed by atoms with Gasteiger partial charge in [0.05, 0.1) is 12.0 Å². The summed E-state index contributed by atoms with van der Waals surface area (Å²) < 4.78 is 5.64. The van der Waals surface area contributed by atoms with Gasteiger partial charge in [0, 0.05) is 17.3 Å². The summed E-state index contributed by atoms with van der Waals surface area (Å²) in [5, 5.41) is 10.3. The Bertz CT molecular complexity index is 414. The summed E-state index contributed by atoms with van der Waals surface area (Å²) in [6.45, 7) is 6.26. The third kappa shape index (κ3) is 1.43. The summed E-state index contributed by atoms with van der Waals surface area (Å²) in [6.07, 6.45) is 4.52. The zero-order chi connectivity index (χ0) is 13.1. The molecule has 1 N–H and O–H groups in total. The summed E-state index contributed by atoms with van der Waals surface area (Å²) in [6, 6.07) is 0. The van der Waals surface area contributed by atoms with Crippen LogP contribution >= 0.6 is 0 Å². The van der Waals surface area contributed by atoms with Gasteiger partial charge in [0.2, 0.25) is 0 Å². The van der Waals surface area contributed by atoms with Crippen LogP contribution in [0.4, 0.5) is 0 Å². The molecule has 18 heavy (non-hydrogen) atoms. The molecule has 0 aromatic carbocycles. The van der Waals surface area contributed by atoms with Crippen molar-refractivity contribution < 1.29 is 14.6 Å². The molecule has 100 valence electrons. The van der Waals surface area contributed by atoms with Crippen molar-refractivity contribution in [3.63, 3.8) is 0 Å². The van der Waals surface area contributed by atoms with E-state index >= 15 is 0 Å². The van der Waals surface area contributed by atoms with E-state index in [1.54, 1.807) is 0 Å². The van der Waals surface area contributed by atoms with Gasteiger partial charge in [-0.1, -0.05) is 25.5 Å². The van der Waals surface area contributed by atoms with Crippen molar-refractivity contribution in [1.29, 1.82) is 0 Å². The average Bonchev–Trinajstić information content (AvgIpc) is 2.60. The van der Waals surface area contributed by atoms with Crippen LogP contribution in [0.1, 0.15) is 40.0 Å². The lowest BCUT2D eigenvalue weighted by Crippen LogP contribution is -2.52. The van der Waals surface area contributed by atoms with Crippen molar-refractivity contribution in [2.75, 3.05) is 0 Å². The van der Waals surface area contributed by atoms with Crippen molar-refractivity contribution in [3.05, 3.63) is 11.6 Å². The number of hydrogen-bond donors (Lipinski definition) is 1. The van der Waals surface area contributed by atoms with Crippen molar-refractivity contribution in [1.82, 2.24) is 0 Å². The fraction of sp³-hybridized carbons (Fsp3) is 0.800. The van der Waals surface area contributed by atoms with E-state index in [0.29, 0.717) is 5.92 Å². The van der Waals surface area contributed by atoms with Gasteiger partial charge >= 0.3 is 5.97 Å². The molecule has 0 unspecified atom stereocenters. The van der Waals surface area contributed by atoms with E-state index < -0.39 is 0 Å². The largest absolute Gasteiger partial charge is 0.461 e. The van der Waals surface area contributed by atoms with Crippen LogP contribution in [-0.4, -0.2) is 23.3 Å². The fourth-order valence-corrected chi connectivity index (χ4v) is 4.37. The molecule has 1 aliphatic heterocycles. The Balaban J connectivity index is 2.00. The van der Waals surface area contributed by atoms with Crippen LogP contribution in [0.5, 0.6) is 0 Å². The number of aliphatic hydroxyl groups excluding tert-OH is 1. The fourth-order valence-electron chi connectivity index (χ4n) is 4.37. The molecule has 6 atom stereocenters. The molecule has 3 rings (SSSR count). The van der Waals surface area contributed by atoms with Crippen LogP contribution < -0.4 is 0 Å². The number of carbonyl (C=O) groups excluding carboxylic acids is 1. The van der Waals surface area contributed by atoms with E-state index in [0.717, 1.165) is 19.3 Å². The lowest BCUT2D eigenvalue weighted by molar-refractivity contribution is -0.151. The Labute approximate surface area is 108 Å². The quantitative estimate of drug-likeness (QED) is 0.530. The van der Waals surface area contributed by atoms with Gasteiger partial charge in [-0.25, -0.2) is 0 Å². The van der Waals surface area contributed by atoms with Crippen LogP contribution in [0.15, 0.2) is 11.6 Å². The maximum absolute atomic E-state index is 11.8. The van der Waals surface area contributed by atoms with Gasteiger partial charge in [-0.05, 0) is 26.2 Å². The minimum absolute atomic E-state index is 0.0163. The molecular formula is C15H22O3. The second-order valence-electron chi connectivity index (χ2n) is 6.58. The minimum Gasteiger partial charge on any atom is -0.461 e. The molecule has 2 fully saturated rings. The average molecular weight is 250 g/mol. The van der Waals surface area contributed by atoms with Crippen molar-refractivity contribution >= 4 is 5.97 Å². The number of fused-ring (bicyclic) bond motifs is 3. The predicted octanol–water partition coefficient (Wildman–Crippen LogP) is 2.29. The van der Waals surface area contributed by atoms with Gasteiger partial charge in [0.25, 0.3) is 0 Å².